The molecule has 3 atom stereocenters. The standard InChI is InChI=1S/C22H26ClN3O2S/c23-21-19(17-6-2-1-3-7-17)8-4-10-22(21,25-20-15-29-16-24-20)28-13-5-11-26-12-9-18(27)14-26/h1-4,6-8,10,15-16,18,21,25,27H,5,9,11-14H2. The number of hydrogen-bond donors (Lipinski definition) is 2. The van der Waals surface area contributed by atoms with Gasteiger partial charge in [0.15, 0.2) is 5.72 Å². The fraction of sp³-hybridized carbons (Fsp3) is 0.409. The molecule has 1 aliphatic carbocycles. The summed E-state index contributed by atoms with van der Waals surface area (Å²) >= 11 is 8.54. The van der Waals surface area contributed by atoms with Crippen LogP contribution in [0.2, 0.25) is 0 Å². The van der Waals surface area contributed by atoms with Crippen molar-refractivity contribution in [2.75, 3.05) is 31.6 Å². The summed E-state index contributed by atoms with van der Waals surface area (Å²) in [4.78, 5) is 6.64. The Hall–Kier alpha value is -1.70. The molecule has 0 saturated carbocycles. The number of hydrogen-bond acceptors (Lipinski definition) is 6. The number of nitrogens with one attached hydrogen (secondary N) is 1. The van der Waals surface area contributed by atoms with Crippen LogP contribution in [0.4, 0.5) is 5.82 Å². The van der Waals surface area contributed by atoms with Crippen molar-refractivity contribution in [2.45, 2.75) is 30.0 Å². The first-order chi connectivity index (χ1) is 14.2. The number of ether oxygens (including phenoxy) is 1. The topological polar surface area (TPSA) is 57.6 Å². The van der Waals surface area contributed by atoms with Crippen molar-refractivity contribution in [1.29, 1.82) is 0 Å². The van der Waals surface area contributed by atoms with Crippen molar-refractivity contribution in [2.24, 2.45) is 0 Å². The summed E-state index contributed by atoms with van der Waals surface area (Å²) in [6.45, 7) is 3.16. The zero-order valence-corrected chi connectivity index (χ0v) is 17.8. The van der Waals surface area contributed by atoms with Gasteiger partial charge in [0.1, 0.15) is 11.2 Å². The lowest BCUT2D eigenvalue weighted by molar-refractivity contribution is 0.0134. The van der Waals surface area contributed by atoms with Crippen molar-refractivity contribution < 1.29 is 9.84 Å². The van der Waals surface area contributed by atoms with Crippen LogP contribution in [-0.2, 0) is 4.74 Å². The first-order valence-electron chi connectivity index (χ1n) is 9.96. The quantitative estimate of drug-likeness (QED) is 0.376. The Bertz CT molecular complexity index is 843. The molecule has 2 aromatic rings. The third kappa shape index (κ3) is 4.90. The number of aromatic nitrogens is 1. The van der Waals surface area contributed by atoms with Gasteiger partial charge >= 0.3 is 0 Å². The summed E-state index contributed by atoms with van der Waals surface area (Å²) in [5.74, 6) is 0.752. The monoisotopic (exact) mass is 431 g/mol. The third-order valence-corrected chi connectivity index (χ3v) is 6.48. The fourth-order valence-electron chi connectivity index (χ4n) is 3.85. The highest BCUT2D eigenvalue weighted by molar-refractivity contribution is 7.07. The Morgan fingerprint density at radius 3 is 2.93 bits per heavy atom. The summed E-state index contributed by atoms with van der Waals surface area (Å²) in [5.41, 5.74) is 3.01. The molecule has 29 heavy (non-hydrogen) atoms. The average molecular weight is 432 g/mol. The minimum Gasteiger partial charge on any atom is -0.392 e. The smallest absolute Gasteiger partial charge is 0.180 e. The molecule has 7 heteroatoms. The first-order valence-corrected chi connectivity index (χ1v) is 11.3. The van der Waals surface area contributed by atoms with E-state index in [0.29, 0.717) is 6.61 Å². The molecule has 1 aliphatic heterocycles. The summed E-state index contributed by atoms with van der Waals surface area (Å²) in [6, 6.07) is 10.1. The molecular weight excluding hydrogens is 406 g/mol. The summed E-state index contributed by atoms with van der Waals surface area (Å²) < 4.78 is 6.40. The molecule has 2 N–H and O–H groups in total. The molecule has 1 fully saturated rings. The Morgan fingerprint density at radius 1 is 1.34 bits per heavy atom. The molecule has 1 aromatic carbocycles. The van der Waals surface area contributed by atoms with Gasteiger partial charge in [-0.25, -0.2) is 4.98 Å². The number of allylic oxidation sites excluding steroid dienone is 2. The van der Waals surface area contributed by atoms with Gasteiger partial charge < -0.3 is 20.1 Å². The lowest BCUT2D eigenvalue weighted by Gasteiger charge is -2.39. The van der Waals surface area contributed by atoms with Gasteiger partial charge in [-0.1, -0.05) is 42.5 Å². The average Bonchev–Trinajstić information content (AvgIpc) is 3.39. The van der Waals surface area contributed by atoms with E-state index in [4.69, 9.17) is 16.3 Å². The molecule has 0 amide bonds. The van der Waals surface area contributed by atoms with Crippen molar-refractivity contribution in [3.63, 3.8) is 0 Å². The number of aliphatic hydroxyl groups excluding tert-OH is 1. The molecule has 154 valence electrons. The zero-order chi connectivity index (χ0) is 20.1. The second-order valence-electron chi connectivity index (χ2n) is 7.45. The van der Waals surface area contributed by atoms with Crippen LogP contribution < -0.4 is 5.32 Å². The molecule has 2 heterocycles. The predicted molar refractivity (Wildman–Crippen MR) is 119 cm³/mol. The van der Waals surface area contributed by atoms with Crippen molar-refractivity contribution >= 4 is 34.3 Å². The number of halogens is 1. The lowest BCUT2D eigenvalue weighted by atomic mass is 9.91. The van der Waals surface area contributed by atoms with Crippen LogP contribution in [0.1, 0.15) is 18.4 Å². The van der Waals surface area contributed by atoms with Crippen molar-refractivity contribution in [3.05, 3.63) is 65.0 Å². The molecular formula is C22H26ClN3O2S. The van der Waals surface area contributed by atoms with Crippen molar-refractivity contribution in [1.82, 2.24) is 9.88 Å². The number of nitrogens with zero attached hydrogens (tertiary/aromatic N) is 2. The summed E-state index contributed by atoms with van der Waals surface area (Å²) in [7, 11) is 0. The molecule has 0 spiro atoms. The number of alkyl halides is 1. The van der Waals surface area contributed by atoms with Crippen LogP contribution in [0.5, 0.6) is 0 Å². The van der Waals surface area contributed by atoms with Crippen LogP contribution in [0.3, 0.4) is 0 Å². The number of thiazole rings is 1. The second kappa shape index (κ2) is 9.41. The molecule has 2 aliphatic rings. The minimum absolute atomic E-state index is 0.194. The largest absolute Gasteiger partial charge is 0.392 e. The maximum absolute atomic E-state index is 9.70. The maximum Gasteiger partial charge on any atom is 0.180 e. The zero-order valence-electron chi connectivity index (χ0n) is 16.2. The SMILES string of the molecule is OC1CCN(CCCOC2(Nc3cscn3)C=CC=C(c3ccccc3)C2Cl)C1. The third-order valence-electron chi connectivity index (χ3n) is 5.34. The second-order valence-corrected chi connectivity index (χ2v) is 8.60. The van der Waals surface area contributed by atoms with E-state index < -0.39 is 11.1 Å². The molecule has 5 nitrogen and oxygen atoms in total. The number of benzene rings is 1. The van der Waals surface area contributed by atoms with E-state index in [0.717, 1.165) is 49.4 Å². The van der Waals surface area contributed by atoms with Gasteiger partial charge in [0, 0.05) is 25.0 Å². The van der Waals surface area contributed by atoms with Gasteiger partial charge in [-0.05, 0) is 30.1 Å². The van der Waals surface area contributed by atoms with Gasteiger partial charge in [0.25, 0.3) is 0 Å². The highest BCUT2D eigenvalue weighted by atomic mass is 35.5. The predicted octanol–water partition coefficient (Wildman–Crippen LogP) is 3.99. The fourth-order valence-corrected chi connectivity index (χ4v) is 4.72. The van der Waals surface area contributed by atoms with Gasteiger partial charge in [0.2, 0.25) is 0 Å². The van der Waals surface area contributed by atoms with E-state index in [-0.39, 0.29) is 6.10 Å². The Labute approximate surface area is 180 Å². The van der Waals surface area contributed by atoms with Crippen LogP contribution in [-0.4, -0.2) is 58.4 Å². The number of β-amino-alcohol motifs (C(OH)–C–C–N with tert-alkyl or cyclic N) is 1. The summed E-state index contributed by atoms with van der Waals surface area (Å²) in [6.07, 6.45) is 7.56. The molecule has 0 bridgehead atoms. The highest BCUT2D eigenvalue weighted by Gasteiger charge is 2.41. The van der Waals surface area contributed by atoms with Crippen LogP contribution in [0.15, 0.2) is 59.5 Å². The first kappa shape index (κ1) is 20.6. The summed E-state index contributed by atoms with van der Waals surface area (Å²) in [5, 5.41) is 14.7. The Balaban J connectivity index is 1.47. The van der Waals surface area contributed by atoms with E-state index in [1.54, 1.807) is 5.51 Å². The highest BCUT2D eigenvalue weighted by Crippen LogP contribution is 2.38. The van der Waals surface area contributed by atoms with E-state index in [9.17, 15) is 5.11 Å². The van der Waals surface area contributed by atoms with Gasteiger partial charge in [-0.3, -0.25) is 0 Å². The molecule has 0 radical (unpaired) electrons. The van der Waals surface area contributed by atoms with Crippen LogP contribution in [0, 0.1) is 0 Å². The number of rotatable bonds is 8. The van der Waals surface area contributed by atoms with E-state index in [1.165, 1.54) is 11.3 Å². The van der Waals surface area contributed by atoms with E-state index in [2.05, 4.69) is 27.3 Å². The minimum atomic E-state index is -0.875. The molecule has 1 saturated heterocycles. The Morgan fingerprint density at radius 2 is 2.21 bits per heavy atom. The normalized spacial score (nSPS) is 27.2. The number of anilines is 1. The van der Waals surface area contributed by atoms with Crippen LogP contribution >= 0.6 is 22.9 Å². The van der Waals surface area contributed by atoms with E-state index in [1.807, 2.05) is 41.8 Å². The molecule has 4 rings (SSSR count). The maximum atomic E-state index is 9.70. The number of aliphatic hydroxyl groups is 1. The van der Waals surface area contributed by atoms with Gasteiger partial charge in [-0.15, -0.1) is 22.9 Å². The molecule has 1 aromatic heterocycles. The number of likely N-dealkylation sites (tertiary alicyclic amines) is 1. The van der Waals surface area contributed by atoms with Crippen LogP contribution in [0.25, 0.3) is 5.57 Å². The van der Waals surface area contributed by atoms with E-state index >= 15 is 0 Å². The van der Waals surface area contributed by atoms with Crippen molar-refractivity contribution in [3.8, 4) is 0 Å². The van der Waals surface area contributed by atoms with Gasteiger partial charge in [0.05, 0.1) is 18.2 Å². The Kier molecular flexibility index (Phi) is 6.67. The molecule has 3 unspecified atom stereocenters. The van der Waals surface area contributed by atoms with Gasteiger partial charge in [-0.2, -0.15) is 0 Å². The lowest BCUT2D eigenvalue weighted by Crippen LogP contribution is -2.49.